The first-order valence-corrected chi connectivity index (χ1v) is 9.92. The van der Waals surface area contributed by atoms with Crippen molar-refractivity contribution in [1.29, 1.82) is 0 Å². The molecule has 2 unspecified atom stereocenters. The third kappa shape index (κ3) is 2.03. The van der Waals surface area contributed by atoms with Crippen LogP contribution in [-0.2, 0) is 14.4 Å². The molecule has 6 nitrogen and oxygen atoms in total. The van der Waals surface area contributed by atoms with Gasteiger partial charge >= 0.3 is 5.97 Å². The van der Waals surface area contributed by atoms with E-state index in [4.69, 9.17) is 0 Å². The predicted molar refractivity (Wildman–Crippen MR) is 95.7 cm³/mol. The van der Waals surface area contributed by atoms with Crippen LogP contribution in [0.3, 0.4) is 0 Å². The first-order chi connectivity index (χ1) is 12.5. The molecule has 26 heavy (non-hydrogen) atoms. The average molecular weight is 372 g/mol. The van der Waals surface area contributed by atoms with Gasteiger partial charge in [-0.3, -0.25) is 19.3 Å². The number of fused-ring (bicyclic) bond motifs is 3. The van der Waals surface area contributed by atoms with Crippen LogP contribution in [0.15, 0.2) is 29.2 Å². The fourth-order valence-electron chi connectivity index (χ4n) is 4.93. The molecule has 5 rings (SSSR count). The van der Waals surface area contributed by atoms with Gasteiger partial charge in [0, 0.05) is 24.4 Å². The van der Waals surface area contributed by atoms with E-state index in [1.165, 1.54) is 11.8 Å². The van der Waals surface area contributed by atoms with Gasteiger partial charge in [0.1, 0.15) is 0 Å². The lowest BCUT2D eigenvalue weighted by atomic mass is 9.90. The zero-order valence-corrected chi connectivity index (χ0v) is 15.1. The summed E-state index contributed by atoms with van der Waals surface area (Å²) in [7, 11) is 0. The highest BCUT2D eigenvalue weighted by atomic mass is 32.2. The Bertz CT molecular complexity index is 833. The molecule has 0 radical (unpaired) electrons. The van der Waals surface area contributed by atoms with Crippen LogP contribution in [0, 0.1) is 11.3 Å². The second-order valence-corrected chi connectivity index (χ2v) is 9.15. The summed E-state index contributed by atoms with van der Waals surface area (Å²) in [5.41, 5.74) is 0.743. The molecule has 3 fully saturated rings. The van der Waals surface area contributed by atoms with Crippen LogP contribution >= 0.6 is 11.8 Å². The van der Waals surface area contributed by atoms with Crippen molar-refractivity contribution in [3.05, 3.63) is 24.3 Å². The quantitative estimate of drug-likeness (QED) is 0.862. The lowest BCUT2D eigenvalue weighted by molar-refractivity contribution is -0.140. The number of nitrogens with zero attached hydrogens (tertiary/aromatic N) is 2. The molecule has 1 saturated carbocycles. The predicted octanol–water partition coefficient (Wildman–Crippen LogP) is 2.33. The number of hydrogen-bond donors (Lipinski definition) is 1. The van der Waals surface area contributed by atoms with Gasteiger partial charge in [-0.1, -0.05) is 23.9 Å². The van der Waals surface area contributed by atoms with Crippen LogP contribution < -0.4 is 4.90 Å². The van der Waals surface area contributed by atoms with Crippen molar-refractivity contribution in [2.24, 2.45) is 11.3 Å². The van der Waals surface area contributed by atoms with Gasteiger partial charge in [0.15, 0.2) is 4.87 Å². The molecule has 1 N–H and O–H groups in total. The largest absolute Gasteiger partial charge is 0.481 e. The van der Waals surface area contributed by atoms with Crippen molar-refractivity contribution in [3.8, 4) is 0 Å². The van der Waals surface area contributed by atoms with Gasteiger partial charge in [-0.05, 0) is 43.2 Å². The number of carboxylic acid groups (broad SMARTS) is 1. The van der Waals surface area contributed by atoms with Crippen molar-refractivity contribution < 1.29 is 19.5 Å². The van der Waals surface area contributed by atoms with E-state index in [1.807, 2.05) is 29.2 Å². The Morgan fingerprint density at radius 3 is 2.58 bits per heavy atom. The summed E-state index contributed by atoms with van der Waals surface area (Å²) >= 11 is 1.50. The van der Waals surface area contributed by atoms with Crippen molar-refractivity contribution in [2.45, 2.75) is 41.9 Å². The topological polar surface area (TPSA) is 77.9 Å². The third-order valence-electron chi connectivity index (χ3n) is 6.54. The molecule has 0 aromatic heterocycles. The molecule has 2 atom stereocenters. The zero-order chi connectivity index (χ0) is 18.1. The van der Waals surface area contributed by atoms with Crippen LogP contribution in [0.5, 0.6) is 0 Å². The fourth-order valence-corrected chi connectivity index (χ4v) is 6.42. The summed E-state index contributed by atoms with van der Waals surface area (Å²) in [5.74, 6) is -0.936. The van der Waals surface area contributed by atoms with E-state index in [1.54, 1.807) is 4.90 Å². The number of likely N-dealkylation sites (tertiary alicyclic amines) is 1. The Morgan fingerprint density at radius 2 is 1.88 bits per heavy atom. The summed E-state index contributed by atoms with van der Waals surface area (Å²) in [5, 5.41) is 9.24. The van der Waals surface area contributed by atoms with Crippen molar-refractivity contribution >= 4 is 35.2 Å². The van der Waals surface area contributed by atoms with E-state index < -0.39 is 10.8 Å². The Morgan fingerprint density at radius 1 is 1.15 bits per heavy atom. The maximum atomic E-state index is 13.5. The number of hydrogen-bond acceptors (Lipinski definition) is 4. The summed E-state index contributed by atoms with van der Waals surface area (Å²) in [6.45, 7) is 1.17. The molecular formula is C19H20N2O4S. The zero-order valence-electron chi connectivity index (χ0n) is 14.3. The van der Waals surface area contributed by atoms with Gasteiger partial charge in [-0.25, -0.2) is 0 Å². The van der Waals surface area contributed by atoms with Crippen LogP contribution in [-0.4, -0.2) is 45.8 Å². The number of anilines is 1. The van der Waals surface area contributed by atoms with E-state index in [2.05, 4.69) is 0 Å². The van der Waals surface area contributed by atoms with Crippen LogP contribution in [0.1, 0.15) is 32.1 Å². The monoisotopic (exact) mass is 372 g/mol. The lowest BCUT2D eigenvalue weighted by Crippen LogP contribution is -2.55. The molecule has 3 aliphatic heterocycles. The molecule has 7 heteroatoms. The van der Waals surface area contributed by atoms with Crippen LogP contribution in [0.2, 0.25) is 0 Å². The van der Waals surface area contributed by atoms with Crippen LogP contribution in [0.25, 0.3) is 0 Å². The van der Waals surface area contributed by atoms with Crippen molar-refractivity contribution in [3.63, 3.8) is 0 Å². The molecule has 4 aliphatic rings. The number of aliphatic carboxylic acids is 1. The Labute approximate surface area is 155 Å². The molecule has 1 aromatic carbocycles. The number of carboxylic acids is 1. The summed E-state index contributed by atoms with van der Waals surface area (Å²) in [6, 6.07) is 7.71. The Balaban J connectivity index is 1.38. The SMILES string of the molecule is O=C(O)C1CC12CCN(C(=O)C13CCC(=O)N1c1ccccc1S3)CC2. The normalized spacial score (nSPS) is 31.1. The second kappa shape index (κ2) is 5.25. The summed E-state index contributed by atoms with van der Waals surface area (Å²) in [6.07, 6.45) is 3.16. The average Bonchev–Trinajstić information content (AvgIpc) is 3.08. The number of thioether (sulfide) groups is 1. The number of para-hydroxylation sites is 1. The van der Waals surface area contributed by atoms with Gasteiger partial charge in [0.2, 0.25) is 5.91 Å². The second-order valence-electron chi connectivity index (χ2n) is 7.83. The summed E-state index contributed by atoms with van der Waals surface area (Å²) in [4.78, 5) is 40.9. The van der Waals surface area contributed by atoms with E-state index in [-0.39, 0.29) is 23.1 Å². The van der Waals surface area contributed by atoms with Gasteiger partial charge in [0.05, 0.1) is 11.6 Å². The molecule has 3 heterocycles. The molecular weight excluding hydrogens is 352 g/mol. The minimum absolute atomic E-state index is 0.00641. The highest BCUT2D eigenvalue weighted by Crippen LogP contribution is 2.60. The Kier molecular flexibility index (Phi) is 3.27. The van der Waals surface area contributed by atoms with Gasteiger partial charge in [-0.2, -0.15) is 0 Å². The summed E-state index contributed by atoms with van der Waals surface area (Å²) < 4.78 is 0. The van der Waals surface area contributed by atoms with Gasteiger partial charge in [-0.15, -0.1) is 0 Å². The lowest BCUT2D eigenvalue weighted by Gasteiger charge is -2.39. The number of amides is 2. The Hall–Kier alpha value is -2.02. The number of carbonyl (C=O) groups is 3. The van der Waals surface area contributed by atoms with Gasteiger partial charge in [0.25, 0.3) is 5.91 Å². The minimum atomic E-state index is -0.846. The first-order valence-electron chi connectivity index (χ1n) is 9.10. The third-order valence-corrected chi connectivity index (χ3v) is 8.01. The minimum Gasteiger partial charge on any atom is -0.481 e. The molecule has 2 amide bonds. The molecule has 1 aliphatic carbocycles. The molecule has 0 bridgehead atoms. The maximum Gasteiger partial charge on any atom is 0.307 e. The van der Waals surface area contributed by atoms with E-state index in [9.17, 15) is 19.5 Å². The number of benzene rings is 1. The van der Waals surface area contributed by atoms with Crippen molar-refractivity contribution in [2.75, 3.05) is 18.0 Å². The molecule has 136 valence electrons. The molecule has 1 spiro atoms. The number of rotatable bonds is 2. The molecule has 1 aromatic rings. The highest BCUT2D eigenvalue weighted by molar-refractivity contribution is 8.02. The van der Waals surface area contributed by atoms with Crippen LogP contribution in [0.4, 0.5) is 5.69 Å². The fraction of sp³-hybridized carbons (Fsp3) is 0.526. The van der Waals surface area contributed by atoms with Crippen molar-refractivity contribution in [1.82, 2.24) is 4.90 Å². The maximum absolute atomic E-state index is 13.5. The first kappa shape index (κ1) is 16.2. The molecule has 2 saturated heterocycles. The van der Waals surface area contributed by atoms with Gasteiger partial charge < -0.3 is 10.0 Å². The smallest absolute Gasteiger partial charge is 0.307 e. The van der Waals surface area contributed by atoms with E-state index in [0.717, 1.165) is 29.8 Å². The number of carbonyl (C=O) groups excluding carboxylic acids is 2. The van der Waals surface area contributed by atoms with E-state index in [0.29, 0.717) is 25.9 Å². The highest BCUT2D eigenvalue weighted by Gasteiger charge is 2.62. The number of piperidine rings is 1. The van der Waals surface area contributed by atoms with E-state index >= 15 is 0 Å². The standard InChI is InChI=1S/C19H20N2O4S/c22-15-5-6-19(21(15)13-3-1-2-4-14(13)26-19)17(25)20-9-7-18(8-10-20)11-12(18)16(23)24/h1-4,12H,5-11H2,(H,23,24).